The number of nitrogens with two attached hydrogens (primary N) is 1. The van der Waals surface area contributed by atoms with Crippen LogP contribution in [-0.4, -0.2) is 22.6 Å². The number of pyridine rings is 1. The summed E-state index contributed by atoms with van der Waals surface area (Å²) in [4.78, 5) is 17.4. The highest BCUT2D eigenvalue weighted by molar-refractivity contribution is 7.99. The van der Waals surface area contributed by atoms with Crippen LogP contribution in [0.2, 0.25) is 0 Å². The molecule has 5 heteroatoms. The van der Waals surface area contributed by atoms with Crippen molar-refractivity contribution in [3.8, 4) is 5.75 Å². The van der Waals surface area contributed by atoms with Crippen LogP contribution in [0.5, 0.6) is 5.75 Å². The first kappa shape index (κ1) is 12.0. The Labute approximate surface area is 115 Å². The van der Waals surface area contributed by atoms with E-state index in [9.17, 15) is 4.79 Å². The summed E-state index contributed by atoms with van der Waals surface area (Å²) in [7, 11) is 0. The lowest BCUT2D eigenvalue weighted by Crippen LogP contribution is -2.32. The van der Waals surface area contributed by atoms with Gasteiger partial charge in [0, 0.05) is 28.7 Å². The van der Waals surface area contributed by atoms with Gasteiger partial charge in [-0.15, -0.1) is 11.8 Å². The van der Waals surface area contributed by atoms with Crippen molar-refractivity contribution in [3.05, 3.63) is 48.3 Å². The number of thioether (sulfide) groups is 1. The Kier molecular flexibility index (Phi) is 3.13. The molecule has 0 saturated heterocycles. The third kappa shape index (κ3) is 2.29. The summed E-state index contributed by atoms with van der Waals surface area (Å²) in [5, 5.41) is 0. The summed E-state index contributed by atoms with van der Waals surface area (Å²) >= 11 is 1.62. The number of hydrogen-bond acceptors (Lipinski definition) is 5. The first-order valence-corrected chi connectivity index (χ1v) is 6.86. The fourth-order valence-corrected chi connectivity index (χ4v) is 2.92. The summed E-state index contributed by atoms with van der Waals surface area (Å²) in [6.07, 6.45) is 2.55. The molecule has 0 saturated carbocycles. The van der Waals surface area contributed by atoms with E-state index in [2.05, 4.69) is 4.98 Å². The van der Waals surface area contributed by atoms with Crippen LogP contribution in [0.1, 0.15) is 10.4 Å². The molecular formula is C14H12N2O2S. The third-order valence-corrected chi connectivity index (χ3v) is 4.04. The van der Waals surface area contributed by atoms with Gasteiger partial charge in [-0.25, -0.2) is 0 Å². The topological polar surface area (TPSA) is 65.2 Å². The highest BCUT2D eigenvalue weighted by atomic mass is 32.2. The molecule has 2 heterocycles. The number of aromatic nitrogens is 1. The van der Waals surface area contributed by atoms with Crippen LogP contribution in [0.3, 0.4) is 0 Å². The number of carbonyl (C=O) groups excluding carboxylic acids is 1. The number of Topliss-reactive ketones (excluding diaryl/α,β-unsaturated/α-hetero) is 1. The molecule has 1 atom stereocenters. The Bertz CT molecular complexity index is 630. The van der Waals surface area contributed by atoms with Gasteiger partial charge in [-0.1, -0.05) is 12.1 Å². The van der Waals surface area contributed by atoms with Crippen LogP contribution in [0.15, 0.2) is 47.6 Å². The van der Waals surface area contributed by atoms with Crippen molar-refractivity contribution in [1.82, 2.24) is 4.98 Å². The van der Waals surface area contributed by atoms with Crippen molar-refractivity contribution in [1.29, 1.82) is 0 Å². The third-order valence-electron chi connectivity index (χ3n) is 2.92. The number of nitrogens with zero attached hydrogens (tertiary/aromatic N) is 1. The molecule has 1 aliphatic heterocycles. The molecule has 4 nitrogen and oxygen atoms in total. The minimum absolute atomic E-state index is 0.118. The van der Waals surface area contributed by atoms with E-state index in [1.807, 2.05) is 24.3 Å². The number of anilines is 1. The summed E-state index contributed by atoms with van der Waals surface area (Å²) in [5.41, 5.74) is 6.66. The van der Waals surface area contributed by atoms with Crippen molar-refractivity contribution < 1.29 is 9.53 Å². The van der Waals surface area contributed by atoms with Crippen LogP contribution >= 0.6 is 11.8 Å². The monoisotopic (exact) mass is 272 g/mol. The molecule has 0 amide bonds. The average Bonchev–Trinajstić information content (AvgIpc) is 2.46. The normalized spacial score (nSPS) is 17.4. The molecule has 1 aliphatic rings. The lowest BCUT2D eigenvalue weighted by molar-refractivity contribution is 0.0815. The molecule has 96 valence electrons. The number of carbonyl (C=O) groups is 1. The highest BCUT2D eigenvalue weighted by Gasteiger charge is 2.28. The maximum Gasteiger partial charge on any atom is 0.207 e. The maximum atomic E-state index is 12.4. The van der Waals surface area contributed by atoms with Gasteiger partial charge in [-0.05, 0) is 18.2 Å². The van der Waals surface area contributed by atoms with Crippen LogP contribution < -0.4 is 10.5 Å². The van der Waals surface area contributed by atoms with Crippen LogP contribution in [0.25, 0.3) is 0 Å². The second kappa shape index (κ2) is 4.93. The summed E-state index contributed by atoms with van der Waals surface area (Å²) in [5.74, 6) is 1.22. The van der Waals surface area contributed by atoms with Crippen LogP contribution in [0.4, 0.5) is 5.69 Å². The molecule has 0 spiro atoms. The number of fused-ring (bicyclic) bond motifs is 1. The van der Waals surface area contributed by atoms with Crippen molar-refractivity contribution in [2.75, 3.05) is 11.5 Å². The van der Waals surface area contributed by atoms with Crippen molar-refractivity contribution >= 4 is 23.2 Å². The Balaban J connectivity index is 1.86. The molecule has 0 fully saturated rings. The molecule has 1 aromatic heterocycles. The van der Waals surface area contributed by atoms with Gasteiger partial charge in [-0.2, -0.15) is 0 Å². The van der Waals surface area contributed by atoms with E-state index >= 15 is 0 Å². The molecule has 0 aliphatic carbocycles. The van der Waals surface area contributed by atoms with Gasteiger partial charge >= 0.3 is 0 Å². The SMILES string of the molecule is Nc1ccncc1C(=O)C1CSc2ccccc2O1. The molecule has 1 aromatic carbocycles. The van der Waals surface area contributed by atoms with Gasteiger partial charge in [0.15, 0.2) is 6.10 Å². The van der Waals surface area contributed by atoms with Gasteiger partial charge in [0.2, 0.25) is 5.78 Å². The van der Waals surface area contributed by atoms with Crippen molar-refractivity contribution in [2.24, 2.45) is 0 Å². The zero-order chi connectivity index (χ0) is 13.2. The number of rotatable bonds is 2. The number of nitrogen functional groups attached to an aromatic ring is 1. The molecular weight excluding hydrogens is 260 g/mol. The first-order valence-electron chi connectivity index (χ1n) is 5.88. The standard InChI is InChI=1S/C14H12N2O2S/c15-10-5-6-16-7-9(10)14(17)12-8-19-13-4-2-1-3-11(13)18-12/h1-7,12H,8H2,(H2,15,16). The van der Waals surface area contributed by atoms with Gasteiger partial charge in [0.1, 0.15) is 5.75 Å². The molecule has 2 aromatic rings. The molecule has 3 rings (SSSR count). The molecule has 0 bridgehead atoms. The molecule has 2 N–H and O–H groups in total. The van der Waals surface area contributed by atoms with E-state index < -0.39 is 6.10 Å². The van der Waals surface area contributed by atoms with Gasteiger partial charge < -0.3 is 10.5 Å². The smallest absolute Gasteiger partial charge is 0.207 e. The summed E-state index contributed by atoms with van der Waals surface area (Å²) in [6.45, 7) is 0. The lowest BCUT2D eigenvalue weighted by atomic mass is 10.1. The van der Waals surface area contributed by atoms with Crippen molar-refractivity contribution in [3.63, 3.8) is 0 Å². The number of ketones is 1. The van der Waals surface area contributed by atoms with Crippen LogP contribution in [-0.2, 0) is 0 Å². The Morgan fingerprint density at radius 2 is 2.21 bits per heavy atom. The zero-order valence-electron chi connectivity index (χ0n) is 10.1. The predicted octanol–water partition coefficient (Wildman–Crippen LogP) is 2.40. The zero-order valence-corrected chi connectivity index (χ0v) is 10.9. The summed E-state index contributed by atoms with van der Waals surface area (Å²) < 4.78 is 5.75. The first-order chi connectivity index (χ1) is 9.25. The van der Waals surface area contributed by atoms with E-state index in [1.54, 1.807) is 24.0 Å². The second-order valence-corrected chi connectivity index (χ2v) is 5.25. The highest BCUT2D eigenvalue weighted by Crippen LogP contribution is 2.35. The second-order valence-electron chi connectivity index (χ2n) is 4.19. The number of hydrogen-bond donors (Lipinski definition) is 1. The predicted molar refractivity (Wildman–Crippen MR) is 74.6 cm³/mol. The minimum atomic E-state index is -0.508. The van der Waals surface area contributed by atoms with Gasteiger partial charge in [0.25, 0.3) is 0 Å². The number of para-hydroxylation sites is 1. The molecule has 19 heavy (non-hydrogen) atoms. The minimum Gasteiger partial charge on any atom is -0.480 e. The average molecular weight is 272 g/mol. The largest absolute Gasteiger partial charge is 0.480 e. The maximum absolute atomic E-state index is 12.4. The Morgan fingerprint density at radius 1 is 1.37 bits per heavy atom. The number of ether oxygens (including phenoxy) is 1. The van der Waals surface area contributed by atoms with Gasteiger partial charge in [-0.3, -0.25) is 9.78 Å². The summed E-state index contributed by atoms with van der Waals surface area (Å²) in [6, 6.07) is 9.33. The van der Waals surface area contributed by atoms with Crippen molar-refractivity contribution in [2.45, 2.75) is 11.0 Å². The Hall–Kier alpha value is -2.01. The van der Waals surface area contributed by atoms with E-state index in [1.165, 1.54) is 6.20 Å². The fraction of sp³-hybridized carbons (Fsp3) is 0.143. The van der Waals surface area contributed by atoms with E-state index in [4.69, 9.17) is 10.5 Å². The fourth-order valence-electron chi connectivity index (χ4n) is 1.93. The Morgan fingerprint density at radius 3 is 3.05 bits per heavy atom. The lowest BCUT2D eigenvalue weighted by Gasteiger charge is -2.24. The van der Waals surface area contributed by atoms with E-state index in [0.29, 0.717) is 17.0 Å². The quantitative estimate of drug-likeness (QED) is 0.850. The van der Waals surface area contributed by atoms with E-state index in [-0.39, 0.29) is 5.78 Å². The number of benzene rings is 1. The van der Waals surface area contributed by atoms with Gasteiger partial charge in [0.05, 0.1) is 5.56 Å². The van der Waals surface area contributed by atoms with Crippen LogP contribution in [0, 0.1) is 0 Å². The molecule has 0 radical (unpaired) electrons. The van der Waals surface area contributed by atoms with E-state index in [0.717, 1.165) is 10.6 Å². The molecule has 1 unspecified atom stereocenters.